The minimum absolute atomic E-state index is 0.520. The first-order chi connectivity index (χ1) is 5.54. The fourth-order valence-corrected chi connectivity index (χ4v) is 1.27. The van der Waals surface area contributed by atoms with Crippen LogP contribution in [0.25, 0.3) is 6.08 Å². The second kappa shape index (κ2) is 3.28. The van der Waals surface area contributed by atoms with Crippen LogP contribution in [0.5, 0.6) is 0 Å². The molecule has 0 radical (unpaired) electrons. The summed E-state index contributed by atoms with van der Waals surface area (Å²) in [7, 11) is -5.33. The lowest BCUT2D eigenvalue weighted by atomic mass is 10.2. The monoisotopic (exact) mass is 191 g/mol. The standard InChI is InChI=1S/C8H7F3P/c1-2-7-3-5-8(6-4-7)12(9,10)11/h2-6H,1H2/q+1. The van der Waals surface area contributed by atoms with Gasteiger partial charge in [0.25, 0.3) is 0 Å². The highest BCUT2D eigenvalue weighted by atomic mass is 31.3. The number of rotatable bonds is 2. The first-order valence-electron chi connectivity index (χ1n) is 3.25. The van der Waals surface area contributed by atoms with Gasteiger partial charge in [-0.25, -0.2) is 0 Å². The van der Waals surface area contributed by atoms with Gasteiger partial charge >= 0.3 is 8.19 Å². The highest BCUT2D eigenvalue weighted by Crippen LogP contribution is 2.62. The summed E-state index contributed by atoms with van der Waals surface area (Å²) in [5, 5.41) is -0.520. The van der Waals surface area contributed by atoms with E-state index < -0.39 is 13.5 Å². The van der Waals surface area contributed by atoms with Crippen LogP contribution in [0.3, 0.4) is 0 Å². The minimum atomic E-state index is -5.33. The van der Waals surface area contributed by atoms with Crippen LogP contribution in [0, 0.1) is 0 Å². The van der Waals surface area contributed by atoms with Crippen LogP contribution in [0.2, 0.25) is 0 Å². The van der Waals surface area contributed by atoms with Gasteiger partial charge in [0.15, 0.2) is 5.30 Å². The first kappa shape index (κ1) is 9.27. The van der Waals surface area contributed by atoms with Crippen molar-refractivity contribution in [3.63, 3.8) is 0 Å². The van der Waals surface area contributed by atoms with Gasteiger partial charge in [-0.1, -0.05) is 24.8 Å². The average Bonchev–Trinajstić information content (AvgIpc) is 2.03. The van der Waals surface area contributed by atoms with Gasteiger partial charge in [-0.05, 0) is 17.7 Å². The predicted octanol–water partition coefficient (Wildman–Crippen LogP) is 3.63. The van der Waals surface area contributed by atoms with Gasteiger partial charge in [0, 0.05) is 12.6 Å². The Labute approximate surface area is 69.4 Å². The molecule has 0 unspecified atom stereocenters. The van der Waals surface area contributed by atoms with E-state index in [1.165, 1.54) is 18.2 Å². The molecule has 64 valence electrons. The van der Waals surface area contributed by atoms with Crippen molar-refractivity contribution in [2.45, 2.75) is 0 Å². The van der Waals surface area contributed by atoms with Crippen molar-refractivity contribution in [2.24, 2.45) is 0 Å². The Morgan fingerprint density at radius 3 is 1.92 bits per heavy atom. The second-order valence-corrected chi connectivity index (χ2v) is 3.65. The number of benzene rings is 1. The predicted molar refractivity (Wildman–Crippen MR) is 46.4 cm³/mol. The number of hydrogen-bond acceptors (Lipinski definition) is 0. The summed E-state index contributed by atoms with van der Waals surface area (Å²) >= 11 is 0. The molecule has 0 aliphatic carbocycles. The van der Waals surface area contributed by atoms with Gasteiger partial charge in [0.1, 0.15) is 0 Å². The topological polar surface area (TPSA) is 0 Å². The van der Waals surface area contributed by atoms with E-state index in [4.69, 9.17) is 0 Å². The molecule has 1 aromatic carbocycles. The maximum atomic E-state index is 12.1. The summed E-state index contributed by atoms with van der Waals surface area (Å²) in [6.07, 6.45) is 1.51. The van der Waals surface area contributed by atoms with Gasteiger partial charge in [0.05, 0.1) is 0 Å². The molecule has 0 atom stereocenters. The Morgan fingerprint density at radius 1 is 1.08 bits per heavy atom. The smallest absolute Gasteiger partial charge is 0.0985 e. The minimum Gasteiger partial charge on any atom is -0.0985 e. The van der Waals surface area contributed by atoms with Gasteiger partial charge in [-0.15, -0.1) is 0 Å². The summed E-state index contributed by atoms with van der Waals surface area (Å²) in [5.41, 5.74) is 0.701. The second-order valence-electron chi connectivity index (χ2n) is 2.24. The van der Waals surface area contributed by atoms with Gasteiger partial charge < -0.3 is 0 Å². The lowest BCUT2D eigenvalue weighted by molar-refractivity contribution is 0.607. The van der Waals surface area contributed by atoms with Crippen molar-refractivity contribution in [1.29, 1.82) is 0 Å². The molecule has 1 rings (SSSR count). The third-order valence-electron chi connectivity index (χ3n) is 1.42. The van der Waals surface area contributed by atoms with E-state index in [0.29, 0.717) is 5.56 Å². The molecule has 0 saturated heterocycles. The molecule has 0 saturated carbocycles. The third kappa shape index (κ3) is 2.08. The number of halogens is 3. The van der Waals surface area contributed by atoms with Crippen LogP contribution >= 0.6 is 8.19 Å². The third-order valence-corrected chi connectivity index (χ3v) is 2.31. The van der Waals surface area contributed by atoms with Crippen LogP contribution in [-0.4, -0.2) is 0 Å². The molecule has 0 aliphatic heterocycles. The molecule has 0 spiro atoms. The summed E-state index contributed by atoms with van der Waals surface area (Å²) in [6, 6.07) is 5.00. The van der Waals surface area contributed by atoms with Crippen molar-refractivity contribution in [1.82, 2.24) is 0 Å². The van der Waals surface area contributed by atoms with Gasteiger partial charge in [0.2, 0.25) is 0 Å². The van der Waals surface area contributed by atoms with E-state index in [1.807, 2.05) is 0 Å². The van der Waals surface area contributed by atoms with E-state index in [-0.39, 0.29) is 0 Å². The van der Waals surface area contributed by atoms with E-state index in [2.05, 4.69) is 6.58 Å². The molecule has 12 heavy (non-hydrogen) atoms. The fraction of sp³-hybridized carbons (Fsp3) is 0. The molecule has 1 aromatic rings. The van der Waals surface area contributed by atoms with Crippen molar-refractivity contribution in [3.8, 4) is 0 Å². The SMILES string of the molecule is C=Cc1ccc([P+](F)(F)F)cc1. The van der Waals surface area contributed by atoms with E-state index >= 15 is 0 Å². The zero-order chi connectivity index (χ0) is 9.19. The maximum absolute atomic E-state index is 12.1. The van der Waals surface area contributed by atoms with Crippen LogP contribution in [0.1, 0.15) is 5.56 Å². The average molecular weight is 191 g/mol. The van der Waals surface area contributed by atoms with E-state index in [0.717, 1.165) is 12.1 Å². The molecule has 0 heterocycles. The van der Waals surface area contributed by atoms with Crippen molar-refractivity contribution in [3.05, 3.63) is 36.4 Å². The Morgan fingerprint density at radius 2 is 1.58 bits per heavy atom. The molecule has 0 amide bonds. The Hall–Kier alpha value is -0.820. The summed E-state index contributed by atoms with van der Waals surface area (Å²) in [4.78, 5) is 0. The zero-order valence-corrected chi connectivity index (χ0v) is 7.07. The lowest BCUT2D eigenvalue weighted by Crippen LogP contribution is -1.98. The molecule has 0 bridgehead atoms. The zero-order valence-electron chi connectivity index (χ0n) is 6.17. The molecule has 0 fully saturated rings. The van der Waals surface area contributed by atoms with Crippen molar-refractivity contribution in [2.75, 3.05) is 0 Å². The summed E-state index contributed by atoms with van der Waals surface area (Å²) in [6.45, 7) is 3.45. The molecule has 0 nitrogen and oxygen atoms in total. The fourth-order valence-electron chi connectivity index (χ4n) is 0.779. The lowest BCUT2D eigenvalue weighted by Gasteiger charge is -1.94. The van der Waals surface area contributed by atoms with Crippen molar-refractivity contribution >= 4 is 19.6 Å². The molecule has 0 aromatic heterocycles. The molecule has 0 N–H and O–H groups in total. The molecule has 4 heteroatoms. The Kier molecular flexibility index (Phi) is 2.53. The van der Waals surface area contributed by atoms with Crippen LogP contribution in [0.15, 0.2) is 30.8 Å². The Bertz CT molecular complexity index is 273. The molecular weight excluding hydrogens is 184 g/mol. The van der Waals surface area contributed by atoms with E-state index in [9.17, 15) is 12.6 Å². The highest BCUT2D eigenvalue weighted by molar-refractivity contribution is 7.68. The molecule has 0 aliphatic rings. The van der Waals surface area contributed by atoms with Crippen LogP contribution < -0.4 is 5.30 Å². The Balaban J connectivity index is 3.00. The van der Waals surface area contributed by atoms with Crippen LogP contribution in [-0.2, 0) is 0 Å². The normalized spacial score (nSPS) is 11.2. The number of hydrogen-bond donors (Lipinski definition) is 0. The first-order valence-corrected chi connectivity index (χ1v) is 4.71. The molecular formula is C8H7F3P+. The largest absolute Gasteiger partial charge is 0.602 e. The maximum Gasteiger partial charge on any atom is 0.602 e. The van der Waals surface area contributed by atoms with Gasteiger partial charge in [-0.2, -0.15) is 0 Å². The quantitative estimate of drug-likeness (QED) is 0.626. The van der Waals surface area contributed by atoms with Gasteiger partial charge in [-0.3, -0.25) is 0 Å². The van der Waals surface area contributed by atoms with E-state index in [1.54, 1.807) is 0 Å². The highest BCUT2D eigenvalue weighted by Gasteiger charge is 2.46. The summed E-state index contributed by atoms with van der Waals surface area (Å²) in [5.74, 6) is 0. The van der Waals surface area contributed by atoms with Crippen molar-refractivity contribution < 1.29 is 12.6 Å². The summed E-state index contributed by atoms with van der Waals surface area (Å²) < 4.78 is 36.3. The van der Waals surface area contributed by atoms with Crippen LogP contribution in [0.4, 0.5) is 12.6 Å².